The van der Waals surface area contributed by atoms with Crippen LogP contribution >= 0.6 is 0 Å². The molecule has 2 heterocycles. The van der Waals surface area contributed by atoms with Gasteiger partial charge in [0, 0.05) is 16.7 Å². The number of amides is 1. The number of carbonyl (C=O) groups is 1. The Morgan fingerprint density at radius 3 is 2.50 bits per heavy atom. The standard InChI is InChI=1S/C29H25N3O5S/c1-19(8-9-20-12-15-25-26(16-20)37-18-36-25)30-31-29(33)23-13-10-21(11-14-23)17-32-24-6-2-4-22-5-3-7-27(28(22)24)38(32,34)35/h2-7,10-16H,8-9,17-18H2,1H3,(H,31,33)/b30-19-. The molecule has 2 aliphatic heterocycles. The predicted octanol–water partition coefficient (Wildman–Crippen LogP) is 5.02. The van der Waals surface area contributed by atoms with E-state index in [1.807, 2.05) is 49.4 Å². The number of hydrogen-bond donors (Lipinski definition) is 1. The Labute approximate surface area is 220 Å². The van der Waals surface area contributed by atoms with E-state index in [1.165, 1.54) is 4.31 Å². The van der Waals surface area contributed by atoms with Gasteiger partial charge in [0.2, 0.25) is 6.79 Å². The molecular weight excluding hydrogens is 502 g/mol. The summed E-state index contributed by atoms with van der Waals surface area (Å²) in [7, 11) is -3.65. The number of benzene rings is 4. The van der Waals surface area contributed by atoms with Crippen molar-refractivity contribution >= 4 is 38.1 Å². The second-order valence-corrected chi connectivity index (χ2v) is 11.1. The lowest BCUT2D eigenvalue weighted by molar-refractivity contribution is 0.0954. The van der Waals surface area contributed by atoms with Gasteiger partial charge in [0.15, 0.2) is 11.5 Å². The van der Waals surface area contributed by atoms with E-state index in [9.17, 15) is 13.2 Å². The molecule has 38 heavy (non-hydrogen) atoms. The molecule has 8 nitrogen and oxygen atoms in total. The number of rotatable bonds is 7. The minimum atomic E-state index is -3.65. The van der Waals surface area contributed by atoms with Crippen molar-refractivity contribution in [3.05, 3.63) is 95.6 Å². The maximum Gasteiger partial charge on any atom is 0.271 e. The largest absolute Gasteiger partial charge is 0.454 e. The number of aryl methyl sites for hydroxylation is 1. The van der Waals surface area contributed by atoms with Crippen LogP contribution in [0, 0.1) is 0 Å². The number of anilines is 1. The zero-order chi connectivity index (χ0) is 26.3. The molecule has 4 aromatic rings. The first-order valence-corrected chi connectivity index (χ1v) is 13.7. The number of sulfonamides is 1. The molecule has 1 amide bonds. The third-order valence-electron chi connectivity index (χ3n) is 6.78. The number of nitrogens with one attached hydrogen (secondary N) is 1. The maximum atomic E-state index is 13.2. The Kier molecular flexibility index (Phi) is 6.00. The quantitative estimate of drug-likeness (QED) is 0.269. The van der Waals surface area contributed by atoms with E-state index < -0.39 is 10.0 Å². The highest BCUT2D eigenvalue weighted by Gasteiger charge is 2.35. The van der Waals surface area contributed by atoms with Gasteiger partial charge in [0.1, 0.15) is 0 Å². The van der Waals surface area contributed by atoms with Crippen LogP contribution in [-0.2, 0) is 23.0 Å². The van der Waals surface area contributed by atoms with Gasteiger partial charge in [-0.1, -0.05) is 42.5 Å². The summed E-state index contributed by atoms with van der Waals surface area (Å²) in [5.74, 6) is 1.17. The van der Waals surface area contributed by atoms with Crippen LogP contribution in [0.5, 0.6) is 11.5 Å². The third-order valence-corrected chi connectivity index (χ3v) is 8.59. The highest BCUT2D eigenvalue weighted by Crippen LogP contribution is 2.42. The van der Waals surface area contributed by atoms with E-state index in [4.69, 9.17) is 9.47 Å². The van der Waals surface area contributed by atoms with E-state index in [0.29, 0.717) is 22.6 Å². The fourth-order valence-corrected chi connectivity index (χ4v) is 6.44. The first kappa shape index (κ1) is 24.0. The van der Waals surface area contributed by atoms with Crippen LogP contribution in [0.1, 0.15) is 34.8 Å². The molecule has 0 spiro atoms. The molecule has 0 bridgehead atoms. The molecule has 0 aromatic heterocycles. The van der Waals surface area contributed by atoms with Crippen molar-refractivity contribution in [1.82, 2.24) is 5.43 Å². The van der Waals surface area contributed by atoms with Crippen molar-refractivity contribution in [2.75, 3.05) is 11.1 Å². The predicted molar refractivity (Wildman–Crippen MR) is 145 cm³/mol. The highest BCUT2D eigenvalue weighted by molar-refractivity contribution is 7.93. The van der Waals surface area contributed by atoms with Gasteiger partial charge < -0.3 is 9.47 Å². The van der Waals surface area contributed by atoms with Crippen molar-refractivity contribution in [1.29, 1.82) is 0 Å². The monoisotopic (exact) mass is 527 g/mol. The Morgan fingerprint density at radius 1 is 0.947 bits per heavy atom. The van der Waals surface area contributed by atoms with Gasteiger partial charge in [-0.3, -0.25) is 9.10 Å². The smallest absolute Gasteiger partial charge is 0.271 e. The molecule has 0 radical (unpaired) electrons. The van der Waals surface area contributed by atoms with Crippen LogP contribution in [0.25, 0.3) is 10.8 Å². The number of carbonyl (C=O) groups excluding carboxylic acids is 1. The van der Waals surface area contributed by atoms with Crippen LogP contribution < -0.4 is 19.2 Å². The van der Waals surface area contributed by atoms with Crippen LogP contribution in [0.3, 0.4) is 0 Å². The van der Waals surface area contributed by atoms with Gasteiger partial charge in [-0.2, -0.15) is 5.10 Å². The number of fused-ring (bicyclic) bond motifs is 1. The first-order valence-electron chi connectivity index (χ1n) is 12.3. The molecule has 6 rings (SSSR count). The highest BCUT2D eigenvalue weighted by atomic mass is 32.2. The normalized spacial score (nSPS) is 15.2. The Hall–Kier alpha value is -4.37. The molecule has 192 valence electrons. The van der Waals surface area contributed by atoms with Crippen molar-refractivity contribution in [2.45, 2.75) is 31.2 Å². The van der Waals surface area contributed by atoms with Crippen LogP contribution in [0.4, 0.5) is 5.69 Å². The molecule has 1 N–H and O–H groups in total. The average Bonchev–Trinajstić information content (AvgIpc) is 3.48. The fraction of sp³-hybridized carbons (Fsp3) is 0.172. The summed E-state index contributed by atoms with van der Waals surface area (Å²) in [4.78, 5) is 13.0. The van der Waals surface area contributed by atoms with Gasteiger partial charge in [0.25, 0.3) is 15.9 Å². The van der Waals surface area contributed by atoms with Gasteiger partial charge in [0.05, 0.1) is 17.1 Å². The van der Waals surface area contributed by atoms with Gasteiger partial charge in [-0.15, -0.1) is 0 Å². The van der Waals surface area contributed by atoms with E-state index in [0.717, 1.165) is 45.5 Å². The Balaban J connectivity index is 1.09. The van der Waals surface area contributed by atoms with E-state index >= 15 is 0 Å². The topological polar surface area (TPSA) is 97.3 Å². The lowest BCUT2D eigenvalue weighted by Gasteiger charge is -2.19. The fourth-order valence-electron chi connectivity index (χ4n) is 4.74. The molecular formula is C29H25N3O5S. The summed E-state index contributed by atoms with van der Waals surface area (Å²) in [6.07, 6.45) is 1.44. The zero-order valence-corrected chi connectivity index (χ0v) is 21.5. The van der Waals surface area contributed by atoms with Gasteiger partial charge in [-0.05, 0) is 72.7 Å². The van der Waals surface area contributed by atoms with Gasteiger partial charge >= 0.3 is 0 Å². The SMILES string of the molecule is C/C(CCc1ccc2c(c1)OCO2)=N/NC(=O)c1ccc(CN2c3cccc4cccc(c34)S2(=O)=O)cc1. The molecule has 0 atom stereocenters. The average molecular weight is 528 g/mol. The number of hydrazone groups is 1. The minimum absolute atomic E-state index is 0.176. The summed E-state index contributed by atoms with van der Waals surface area (Å²) >= 11 is 0. The van der Waals surface area contributed by atoms with E-state index in [1.54, 1.807) is 36.4 Å². The molecule has 0 fully saturated rings. The minimum Gasteiger partial charge on any atom is -0.454 e. The van der Waals surface area contributed by atoms with Crippen molar-refractivity contribution in [3.63, 3.8) is 0 Å². The summed E-state index contributed by atoms with van der Waals surface area (Å²) in [6, 6.07) is 23.7. The van der Waals surface area contributed by atoms with Crippen LogP contribution in [-0.4, -0.2) is 26.8 Å². The van der Waals surface area contributed by atoms with E-state index in [-0.39, 0.29) is 19.2 Å². The first-order chi connectivity index (χ1) is 18.4. The Bertz CT molecular complexity index is 1690. The number of nitrogens with zero attached hydrogens (tertiary/aromatic N) is 2. The van der Waals surface area contributed by atoms with Crippen LogP contribution in [0.15, 0.2) is 88.9 Å². The second kappa shape index (κ2) is 9.50. The molecule has 0 unspecified atom stereocenters. The summed E-state index contributed by atoms with van der Waals surface area (Å²) in [5, 5.41) is 5.87. The maximum absolute atomic E-state index is 13.2. The summed E-state index contributed by atoms with van der Waals surface area (Å²) < 4.78 is 38.6. The molecule has 0 aliphatic carbocycles. The molecule has 2 aliphatic rings. The van der Waals surface area contributed by atoms with Crippen molar-refractivity contribution in [3.8, 4) is 11.5 Å². The Morgan fingerprint density at radius 2 is 1.68 bits per heavy atom. The molecule has 0 saturated heterocycles. The second-order valence-electron chi connectivity index (χ2n) is 9.32. The summed E-state index contributed by atoms with van der Waals surface area (Å²) in [6.45, 7) is 2.29. The molecule has 9 heteroatoms. The van der Waals surface area contributed by atoms with Gasteiger partial charge in [-0.25, -0.2) is 13.8 Å². The molecule has 4 aromatic carbocycles. The summed E-state index contributed by atoms with van der Waals surface area (Å²) in [5.41, 5.74) is 6.39. The lowest BCUT2D eigenvalue weighted by atomic mass is 10.1. The molecule has 0 saturated carbocycles. The van der Waals surface area contributed by atoms with Crippen molar-refractivity contribution in [2.24, 2.45) is 5.10 Å². The third kappa shape index (κ3) is 4.35. The van der Waals surface area contributed by atoms with E-state index in [2.05, 4.69) is 10.5 Å². The number of ether oxygens (including phenoxy) is 2. The lowest BCUT2D eigenvalue weighted by Crippen LogP contribution is -2.26. The van der Waals surface area contributed by atoms with Crippen LogP contribution in [0.2, 0.25) is 0 Å². The van der Waals surface area contributed by atoms with Crippen molar-refractivity contribution < 1.29 is 22.7 Å². The zero-order valence-electron chi connectivity index (χ0n) is 20.7. The number of hydrogen-bond acceptors (Lipinski definition) is 6.